The first-order chi connectivity index (χ1) is 11.1. The van der Waals surface area contributed by atoms with Crippen molar-refractivity contribution in [2.75, 3.05) is 27.3 Å². The Balaban J connectivity index is 2.26. The van der Waals surface area contributed by atoms with Crippen LogP contribution >= 0.6 is 0 Å². The van der Waals surface area contributed by atoms with Gasteiger partial charge >= 0.3 is 12.0 Å². The molecule has 1 aromatic carbocycles. The average molecular weight is 324 g/mol. The van der Waals surface area contributed by atoms with Crippen LogP contribution < -0.4 is 20.1 Å². The topological polar surface area (TPSA) is 96.9 Å². The molecule has 0 heterocycles. The molecule has 0 fully saturated rings. The molecule has 0 aliphatic heterocycles. The van der Waals surface area contributed by atoms with Crippen LogP contribution in [-0.2, 0) is 11.2 Å². The van der Waals surface area contributed by atoms with E-state index in [1.807, 2.05) is 18.2 Å². The normalized spacial score (nSPS) is 10.0. The Bertz CT molecular complexity index is 519. The van der Waals surface area contributed by atoms with Gasteiger partial charge in [0, 0.05) is 19.5 Å². The third-order valence-corrected chi connectivity index (χ3v) is 3.25. The van der Waals surface area contributed by atoms with Gasteiger partial charge in [0.15, 0.2) is 0 Å². The maximum atomic E-state index is 11.5. The summed E-state index contributed by atoms with van der Waals surface area (Å²) < 4.78 is 10.5. The molecular weight excluding hydrogens is 300 g/mol. The van der Waals surface area contributed by atoms with Crippen molar-refractivity contribution in [3.8, 4) is 11.5 Å². The van der Waals surface area contributed by atoms with Crippen LogP contribution in [0.2, 0.25) is 0 Å². The molecule has 0 aliphatic carbocycles. The first kappa shape index (κ1) is 18.6. The minimum Gasteiger partial charge on any atom is -0.497 e. The van der Waals surface area contributed by atoms with E-state index >= 15 is 0 Å². The molecule has 0 atom stereocenters. The van der Waals surface area contributed by atoms with Crippen LogP contribution in [-0.4, -0.2) is 44.4 Å². The van der Waals surface area contributed by atoms with Crippen LogP contribution in [0.4, 0.5) is 4.79 Å². The Morgan fingerprint density at radius 3 is 2.39 bits per heavy atom. The van der Waals surface area contributed by atoms with Crippen molar-refractivity contribution in [1.29, 1.82) is 0 Å². The standard InChI is InChI=1S/C16H24N2O5/c1-22-13-7-8-14(23-2)12(11-13)5-3-9-17-16(21)18-10-4-6-15(19)20/h7-8,11H,3-6,9-10H2,1-2H3,(H,19,20)(H2,17,18,21). The molecule has 0 unspecified atom stereocenters. The van der Waals surface area contributed by atoms with E-state index in [0.717, 1.165) is 29.9 Å². The van der Waals surface area contributed by atoms with Crippen molar-refractivity contribution >= 4 is 12.0 Å². The highest BCUT2D eigenvalue weighted by molar-refractivity contribution is 5.73. The van der Waals surface area contributed by atoms with Crippen LogP contribution in [0.5, 0.6) is 11.5 Å². The van der Waals surface area contributed by atoms with Gasteiger partial charge in [-0.1, -0.05) is 0 Å². The summed E-state index contributed by atoms with van der Waals surface area (Å²) in [6.45, 7) is 0.868. The number of rotatable bonds is 10. The summed E-state index contributed by atoms with van der Waals surface area (Å²) in [5.41, 5.74) is 1.02. The minimum absolute atomic E-state index is 0.0515. The van der Waals surface area contributed by atoms with Gasteiger partial charge in [-0.25, -0.2) is 4.79 Å². The van der Waals surface area contributed by atoms with E-state index in [9.17, 15) is 9.59 Å². The summed E-state index contributed by atoms with van der Waals surface area (Å²) in [6, 6.07) is 5.33. The van der Waals surface area contributed by atoms with Crippen molar-refractivity contribution in [3.05, 3.63) is 23.8 Å². The number of carboxylic acids is 1. The SMILES string of the molecule is COc1ccc(OC)c(CCCNC(=O)NCCCC(=O)O)c1. The number of carbonyl (C=O) groups excluding carboxylic acids is 1. The molecule has 1 aromatic rings. The van der Waals surface area contributed by atoms with Gasteiger partial charge in [0.05, 0.1) is 14.2 Å². The molecule has 7 nitrogen and oxygen atoms in total. The van der Waals surface area contributed by atoms with Crippen LogP contribution in [0.15, 0.2) is 18.2 Å². The maximum absolute atomic E-state index is 11.5. The lowest BCUT2D eigenvalue weighted by Gasteiger charge is -2.11. The average Bonchev–Trinajstić information content (AvgIpc) is 2.55. The zero-order valence-corrected chi connectivity index (χ0v) is 13.6. The second-order valence-electron chi connectivity index (χ2n) is 4.96. The van der Waals surface area contributed by atoms with Crippen LogP contribution in [0, 0.1) is 0 Å². The van der Waals surface area contributed by atoms with E-state index in [4.69, 9.17) is 14.6 Å². The predicted molar refractivity (Wildman–Crippen MR) is 86.1 cm³/mol. The molecule has 0 saturated carbocycles. The number of benzene rings is 1. The molecule has 0 aromatic heterocycles. The molecule has 2 amide bonds. The fraction of sp³-hybridized carbons (Fsp3) is 0.500. The van der Waals surface area contributed by atoms with Gasteiger partial charge in [-0.2, -0.15) is 0 Å². The predicted octanol–water partition coefficient (Wildman–Crippen LogP) is 1.80. The summed E-state index contributed by atoms with van der Waals surface area (Å²) in [7, 11) is 3.23. The zero-order valence-electron chi connectivity index (χ0n) is 13.6. The van der Waals surface area contributed by atoms with Gasteiger partial charge < -0.3 is 25.2 Å². The molecule has 0 bridgehead atoms. The number of carboxylic acid groups (broad SMARTS) is 1. The monoisotopic (exact) mass is 324 g/mol. The molecule has 3 N–H and O–H groups in total. The van der Waals surface area contributed by atoms with Gasteiger partial charge in [-0.05, 0) is 43.0 Å². The second kappa shape index (κ2) is 10.3. The van der Waals surface area contributed by atoms with Crippen LogP contribution in [0.25, 0.3) is 0 Å². The fourth-order valence-electron chi connectivity index (χ4n) is 2.06. The molecular formula is C16H24N2O5. The van der Waals surface area contributed by atoms with Gasteiger partial charge in [0.25, 0.3) is 0 Å². The maximum Gasteiger partial charge on any atom is 0.314 e. The molecule has 0 spiro atoms. The molecule has 1 rings (SSSR count). The molecule has 23 heavy (non-hydrogen) atoms. The Kier molecular flexibility index (Phi) is 8.34. The highest BCUT2D eigenvalue weighted by atomic mass is 16.5. The van der Waals surface area contributed by atoms with Crippen molar-refractivity contribution in [1.82, 2.24) is 10.6 Å². The van der Waals surface area contributed by atoms with E-state index in [1.165, 1.54) is 0 Å². The summed E-state index contributed by atoms with van der Waals surface area (Å²) >= 11 is 0. The first-order valence-electron chi connectivity index (χ1n) is 7.51. The molecule has 7 heteroatoms. The van der Waals surface area contributed by atoms with Crippen LogP contribution in [0.3, 0.4) is 0 Å². The number of carbonyl (C=O) groups is 2. The lowest BCUT2D eigenvalue weighted by molar-refractivity contribution is -0.137. The molecule has 0 radical (unpaired) electrons. The van der Waals surface area contributed by atoms with E-state index in [-0.39, 0.29) is 12.5 Å². The number of aliphatic carboxylic acids is 1. The first-order valence-corrected chi connectivity index (χ1v) is 7.51. The van der Waals surface area contributed by atoms with Crippen molar-refractivity contribution < 1.29 is 24.2 Å². The zero-order chi connectivity index (χ0) is 17.1. The number of amides is 2. The molecule has 0 aliphatic rings. The fourth-order valence-corrected chi connectivity index (χ4v) is 2.06. The Morgan fingerprint density at radius 2 is 1.78 bits per heavy atom. The number of aryl methyl sites for hydroxylation is 1. The smallest absolute Gasteiger partial charge is 0.314 e. The Labute approximate surface area is 136 Å². The molecule has 0 saturated heterocycles. The number of ether oxygens (including phenoxy) is 2. The Morgan fingerprint density at radius 1 is 1.09 bits per heavy atom. The van der Waals surface area contributed by atoms with Crippen LogP contribution in [0.1, 0.15) is 24.8 Å². The lowest BCUT2D eigenvalue weighted by atomic mass is 10.1. The third-order valence-electron chi connectivity index (χ3n) is 3.25. The summed E-state index contributed by atoms with van der Waals surface area (Å²) in [6.07, 6.45) is 1.98. The number of hydrogen-bond acceptors (Lipinski definition) is 4. The quantitative estimate of drug-likeness (QED) is 0.570. The Hall–Kier alpha value is -2.44. The number of urea groups is 1. The van der Waals surface area contributed by atoms with E-state index in [0.29, 0.717) is 19.5 Å². The number of hydrogen-bond donors (Lipinski definition) is 3. The second-order valence-corrected chi connectivity index (χ2v) is 4.96. The summed E-state index contributed by atoms with van der Waals surface area (Å²) in [5, 5.41) is 13.8. The minimum atomic E-state index is -0.862. The lowest BCUT2D eigenvalue weighted by Crippen LogP contribution is -2.36. The van der Waals surface area contributed by atoms with Gasteiger partial charge in [0.1, 0.15) is 11.5 Å². The van der Waals surface area contributed by atoms with Gasteiger partial charge in [0.2, 0.25) is 0 Å². The summed E-state index contributed by atoms with van der Waals surface area (Å²) in [5.74, 6) is 0.702. The van der Waals surface area contributed by atoms with E-state index in [2.05, 4.69) is 10.6 Å². The number of methoxy groups -OCH3 is 2. The highest BCUT2D eigenvalue weighted by Crippen LogP contribution is 2.24. The molecule has 128 valence electrons. The van der Waals surface area contributed by atoms with E-state index < -0.39 is 5.97 Å². The summed E-state index contributed by atoms with van der Waals surface area (Å²) in [4.78, 5) is 21.8. The van der Waals surface area contributed by atoms with Crippen molar-refractivity contribution in [2.45, 2.75) is 25.7 Å². The van der Waals surface area contributed by atoms with Gasteiger partial charge in [-0.15, -0.1) is 0 Å². The third kappa shape index (κ3) is 7.39. The van der Waals surface area contributed by atoms with Gasteiger partial charge in [-0.3, -0.25) is 4.79 Å². The van der Waals surface area contributed by atoms with E-state index in [1.54, 1.807) is 14.2 Å². The number of nitrogens with one attached hydrogen (secondary N) is 2. The largest absolute Gasteiger partial charge is 0.497 e. The highest BCUT2D eigenvalue weighted by Gasteiger charge is 2.06. The van der Waals surface area contributed by atoms with Crippen molar-refractivity contribution in [3.63, 3.8) is 0 Å². The van der Waals surface area contributed by atoms with Crippen molar-refractivity contribution in [2.24, 2.45) is 0 Å².